The van der Waals surface area contributed by atoms with Crippen LogP contribution in [-0.2, 0) is 24.1 Å². The Bertz CT molecular complexity index is 1510. The molecule has 226 valence electrons. The van der Waals surface area contributed by atoms with Gasteiger partial charge in [-0.25, -0.2) is 23.2 Å². The number of sulfone groups is 1. The van der Waals surface area contributed by atoms with Crippen molar-refractivity contribution in [2.45, 2.75) is 50.5 Å². The van der Waals surface area contributed by atoms with E-state index in [1.54, 1.807) is 37.3 Å². The number of ether oxygens (including phenoxy) is 2. The second-order valence-electron chi connectivity index (χ2n) is 10.4. The van der Waals surface area contributed by atoms with Crippen molar-refractivity contribution in [3.05, 3.63) is 47.9 Å². The Morgan fingerprint density at radius 3 is 2.64 bits per heavy atom. The van der Waals surface area contributed by atoms with Crippen LogP contribution in [0.3, 0.4) is 0 Å². The van der Waals surface area contributed by atoms with E-state index in [4.69, 9.17) is 14.7 Å². The Morgan fingerprint density at radius 2 is 2.00 bits per heavy atom. The third kappa shape index (κ3) is 6.52. The summed E-state index contributed by atoms with van der Waals surface area (Å²) in [6.07, 6.45) is 2.24. The SMILES string of the molecule is Cc1[nH]ncc1NC(=O)Nc1ccc(-c2nc(N3CCOC[C@@H]3C)cc(C3(S(=O)(=O)CCCOC(F)F)CC3)n2)cc1. The average Bonchev–Trinajstić information content (AvgIpc) is 3.70. The molecule has 42 heavy (non-hydrogen) atoms. The minimum Gasteiger partial charge on any atom is -0.377 e. The van der Waals surface area contributed by atoms with Crippen LogP contribution in [0.1, 0.15) is 37.6 Å². The number of aromatic amines is 1. The Hall–Kier alpha value is -3.69. The number of H-pyrrole nitrogens is 1. The number of aromatic nitrogens is 4. The van der Waals surface area contributed by atoms with Gasteiger partial charge in [0.2, 0.25) is 0 Å². The molecule has 2 fully saturated rings. The van der Waals surface area contributed by atoms with Crippen molar-refractivity contribution in [1.29, 1.82) is 0 Å². The number of halogens is 2. The molecule has 0 spiro atoms. The number of amides is 2. The Labute approximate surface area is 242 Å². The van der Waals surface area contributed by atoms with Crippen molar-refractivity contribution in [2.75, 3.05) is 47.7 Å². The number of hydrogen-bond acceptors (Lipinski definition) is 9. The quantitative estimate of drug-likeness (QED) is 0.275. The van der Waals surface area contributed by atoms with Gasteiger partial charge in [0.05, 0.1) is 54.9 Å². The lowest BCUT2D eigenvalue weighted by Crippen LogP contribution is -2.44. The molecule has 5 rings (SSSR count). The third-order valence-electron chi connectivity index (χ3n) is 7.42. The van der Waals surface area contributed by atoms with Gasteiger partial charge in [0.25, 0.3) is 0 Å². The number of nitrogens with one attached hydrogen (secondary N) is 3. The summed E-state index contributed by atoms with van der Waals surface area (Å²) in [6.45, 7) is 2.09. The van der Waals surface area contributed by atoms with Crippen LogP contribution in [0, 0.1) is 6.92 Å². The highest BCUT2D eigenvalue weighted by atomic mass is 32.2. The highest BCUT2D eigenvalue weighted by Crippen LogP contribution is 2.53. The first-order chi connectivity index (χ1) is 20.1. The maximum absolute atomic E-state index is 13.5. The van der Waals surface area contributed by atoms with E-state index >= 15 is 0 Å². The molecule has 0 bridgehead atoms. The molecule has 2 aromatic heterocycles. The van der Waals surface area contributed by atoms with Gasteiger partial charge in [-0.2, -0.15) is 13.9 Å². The number of benzene rings is 1. The Balaban J connectivity index is 1.41. The second kappa shape index (κ2) is 12.3. The predicted octanol–water partition coefficient (Wildman–Crippen LogP) is 4.08. The number of hydrogen-bond donors (Lipinski definition) is 3. The topological polar surface area (TPSA) is 151 Å². The minimum absolute atomic E-state index is 0.0107. The zero-order chi connectivity index (χ0) is 29.9. The highest BCUT2D eigenvalue weighted by molar-refractivity contribution is 7.92. The molecule has 1 atom stereocenters. The Kier molecular flexibility index (Phi) is 8.70. The lowest BCUT2D eigenvalue weighted by molar-refractivity contribution is -0.128. The van der Waals surface area contributed by atoms with Gasteiger partial charge in [-0.15, -0.1) is 0 Å². The van der Waals surface area contributed by atoms with Crippen LogP contribution in [0.15, 0.2) is 36.5 Å². The smallest absolute Gasteiger partial charge is 0.345 e. The summed E-state index contributed by atoms with van der Waals surface area (Å²) in [5.41, 5.74) is 2.83. The molecule has 1 saturated heterocycles. The van der Waals surface area contributed by atoms with Crippen LogP contribution < -0.4 is 15.5 Å². The van der Waals surface area contributed by atoms with Gasteiger partial charge in [0, 0.05) is 23.9 Å². The maximum atomic E-state index is 13.5. The maximum Gasteiger partial charge on any atom is 0.345 e. The fraction of sp³-hybridized carbons (Fsp3) is 0.481. The van der Waals surface area contributed by atoms with Gasteiger partial charge in [-0.3, -0.25) is 5.10 Å². The highest BCUT2D eigenvalue weighted by Gasteiger charge is 2.57. The van der Waals surface area contributed by atoms with Gasteiger partial charge < -0.3 is 25.0 Å². The number of alkyl halides is 2. The summed E-state index contributed by atoms with van der Waals surface area (Å²) >= 11 is 0. The lowest BCUT2D eigenvalue weighted by atomic mass is 10.1. The van der Waals surface area contributed by atoms with Crippen molar-refractivity contribution in [2.24, 2.45) is 0 Å². The number of nitrogens with zero attached hydrogens (tertiary/aromatic N) is 4. The van der Waals surface area contributed by atoms with Crippen molar-refractivity contribution in [3.8, 4) is 11.4 Å². The van der Waals surface area contributed by atoms with Crippen LogP contribution in [0.5, 0.6) is 0 Å². The van der Waals surface area contributed by atoms with E-state index in [-0.39, 0.29) is 24.8 Å². The molecule has 0 radical (unpaired) electrons. The molecule has 15 heteroatoms. The number of carbonyl (C=O) groups excluding carboxylic acids is 1. The zero-order valence-electron chi connectivity index (χ0n) is 23.3. The van der Waals surface area contributed by atoms with E-state index in [1.165, 1.54) is 6.20 Å². The summed E-state index contributed by atoms with van der Waals surface area (Å²) in [5.74, 6) is 0.641. The summed E-state index contributed by atoms with van der Waals surface area (Å²) in [4.78, 5) is 24.0. The van der Waals surface area contributed by atoms with Crippen molar-refractivity contribution >= 4 is 33.1 Å². The van der Waals surface area contributed by atoms with E-state index < -0.39 is 27.2 Å². The van der Waals surface area contributed by atoms with Crippen molar-refractivity contribution < 1.29 is 31.5 Å². The first-order valence-corrected chi connectivity index (χ1v) is 15.3. The fourth-order valence-electron chi connectivity index (χ4n) is 4.93. The summed E-state index contributed by atoms with van der Waals surface area (Å²) in [5, 5.41) is 12.1. The summed E-state index contributed by atoms with van der Waals surface area (Å²) in [6, 6.07) is 8.21. The number of aryl methyl sites for hydroxylation is 1. The molecule has 2 aliphatic rings. The lowest BCUT2D eigenvalue weighted by Gasteiger charge is -2.34. The van der Waals surface area contributed by atoms with E-state index in [0.29, 0.717) is 66.9 Å². The van der Waals surface area contributed by atoms with E-state index in [0.717, 1.165) is 5.69 Å². The molecule has 0 unspecified atom stereocenters. The molecular formula is C27H33F2N7O5S. The van der Waals surface area contributed by atoms with E-state index in [9.17, 15) is 22.0 Å². The van der Waals surface area contributed by atoms with Gasteiger partial charge in [0.15, 0.2) is 15.7 Å². The van der Waals surface area contributed by atoms with Crippen LogP contribution in [-0.4, -0.2) is 79.4 Å². The fourth-order valence-corrected chi connectivity index (χ4v) is 6.97. The van der Waals surface area contributed by atoms with Crippen LogP contribution in [0.2, 0.25) is 0 Å². The molecule has 3 N–H and O–H groups in total. The molecule has 1 aliphatic carbocycles. The summed E-state index contributed by atoms with van der Waals surface area (Å²) < 4.78 is 60.3. The second-order valence-corrected chi connectivity index (χ2v) is 12.8. The Morgan fingerprint density at radius 1 is 1.24 bits per heavy atom. The van der Waals surface area contributed by atoms with Crippen molar-refractivity contribution in [3.63, 3.8) is 0 Å². The van der Waals surface area contributed by atoms with E-state index in [2.05, 4.69) is 30.5 Å². The molecule has 1 aromatic carbocycles. The normalized spacial score (nSPS) is 18.2. The van der Waals surface area contributed by atoms with Crippen LogP contribution in [0.4, 0.5) is 30.8 Å². The van der Waals surface area contributed by atoms with Crippen molar-refractivity contribution in [1.82, 2.24) is 20.2 Å². The molecule has 3 aromatic rings. The number of carbonyl (C=O) groups is 1. The largest absolute Gasteiger partial charge is 0.377 e. The van der Waals surface area contributed by atoms with Crippen LogP contribution >= 0.6 is 0 Å². The first-order valence-electron chi connectivity index (χ1n) is 13.6. The van der Waals surface area contributed by atoms with Crippen LogP contribution in [0.25, 0.3) is 11.4 Å². The number of rotatable bonds is 11. The van der Waals surface area contributed by atoms with Gasteiger partial charge >= 0.3 is 12.6 Å². The molecule has 1 aliphatic heterocycles. The molecular weight excluding hydrogens is 572 g/mol. The predicted molar refractivity (Wildman–Crippen MR) is 152 cm³/mol. The standard InChI is InChI=1S/C27H33F2N7O5S/c1-17-16-40-12-10-36(17)23-14-22(27(8-9-27)42(38,39)13-3-11-41-25(28)29)33-24(34-23)19-4-6-20(7-5-19)31-26(37)32-21-15-30-35-18(21)2/h4-7,14-15,17,25H,3,8-13,16H2,1-2H3,(H,30,35)(H2,31,32,37)/t17-/m0/s1. The number of anilines is 3. The monoisotopic (exact) mass is 605 g/mol. The van der Waals surface area contributed by atoms with Gasteiger partial charge in [-0.05, 0) is 57.4 Å². The number of morpholine rings is 1. The van der Waals surface area contributed by atoms with Gasteiger partial charge in [-0.1, -0.05) is 0 Å². The van der Waals surface area contributed by atoms with Gasteiger partial charge in [0.1, 0.15) is 10.6 Å². The average molecular weight is 606 g/mol. The molecule has 3 heterocycles. The number of urea groups is 1. The zero-order valence-corrected chi connectivity index (χ0v) is 24.1. The van der Waals surface area contributed by atoms with E-state index in [1.807, 2.05) is 6.92 Å². The third-order valence-corrected chi connectivity index (χ3v) is 10.1. The molecule has 2 amide bonds. The summed E-state index contributed by atoms with van der Waals surface area (Å²) in [7, 11) is -3.72. The molecule has 12 nitrogen and oxygen atoms in total. The minimum atomic E-state index is -3.72. The first kappa shape index (κ1) is 29.8. The molecule has 1 saturated carbocycles.